The highest BCUT2D eigenvalue weighted by Gasteiger charge is 2.42. The molecule has 0 N–H and O–H groups in total. The van der Waals surface area contributed by atoms with Crippen molar-refractivity contribution in [1.82, 2.24) is 25.2 Å². The van der Waals surface area contributed by atoms with Crippen LogP contribution >= 0.6 is 0 Å². The van der Waals surface area contributed by atoms with Crippen molar-refractivity contribution in [3.63, 3.8) is 0 Å². The van der Waals surface area contributed by atoms with Gasteiger partial charge in [-0.05, 0) is 235 Å². The first-order chi connectivity index (χ1) is 73.5. The van der Waals surface area contributed by atoms with Crippen LogP contribution in [-0.2, 0) is 69.9 Å². The van der Waals surface area contributed by atoms with E-state index in [2.05, 4.69) is 9.80 Å². The average Bonchev–Trinajstić information content (AvgIpc) is 1.56. The van der Waals surface area contributed by atoms with Crippen molar-refractivity contribution in [2.24, 2.45) is 10.8 Å². The Balaban J connectivity index is 0.966. The number of aromatic nitrogens is 6. The number of ether oxygens (including phenoxy) is 18. The smallest absolute Gasteiger partial charge is 0.338 e. The zero-order valence-electron chi connectivity index (χ0n) is 84.8. The number of nitrogens with zero attached hydrogens (tertiary/aromatic N) is 8. The van der Waals surface area contributed by atoms with Gasteiger partial charge in [0.15, 0.2) is 6.54 Å². The van der Waals surface area contributed by atoms with Crippen LogP contribution in [0.15, 0.2) is 315 Å². The van der Waals surface area contributed by atoms with Crippen LogP contribution in [0.5, 0.6) is 34.5 Å². The minimum Gasteiger partial charge on any atom is -0.493 e. The number of carbonyl (C=O) groups excluding carboxylic acids is 6. The molecule has 0 atom stereocenters. The van der Waals surface area contributed by atoms with E-state index >= 15 is 0 Å². The lowest BCUT2D eigenvalue weighted by atomic mass is 9.90. The second-order valence-corrected chi connectivity index (χ2v) is 34.6. The van der Waals surface area contributed by atoms with Gasteiger partial charge in [0, 0.05) is 95.9 Å². The minimum atomic E-state index is -1.49. The Morgan fingerprint density at radius 1 is 0.273 bits per heavy atom. The molecule has 32 heteroatoms. The fourth-order valence-electron chi connectivity index (χ4n) is 16.4. The summed E-state index contributed by atoms with van der Waals surface area (Å²) in [6.07, 6.45) is 0. The van der Waals surface area contributed by atoms with Crippen LogP contribution in [0, 0.1) is 10.8 Å². The van der Waals surface area contributed by atoms with Crippen molar-refractivity contribution in [2.45, 2.75) is 54.6 Å². The molecule has 15 aromatic rings. The molecule has 13 aromatic carbocycles. The monoisotopic (exact) mass is 2030 g/mol. The quantitative estimate of drug-likeness (QED) is 0.0148. The first-order valence-corrected chi connectivity index (χ1v) is 50.1. The first-order valence-electron chi connectivity index (χ1n) is 50.1. The third kappa shape index (κ3) is 30.0. The van der Waals surface area contributed by atoms with Crippen LogP contribution in [0.2, 0.25) is 0 Å². The molecule has 0 aliphatic heterocycles. The van der Waals surface area contributed by atoms with Crippen LogP contribution in [0.4, 0.5) is 34.1 Å². The Morgan fingerprint density at radius 3 is 0.773 bits per heavy atom. The van der Waals surface area contributed by atoms with E-state index in [0.717, 1.165) is 34.1 Å². The number of anilines is 6. The van der Waals surface area contributed by atoms with Crippen LogP contribution in [0.1, 0.15) is 104 Å². The Bertz CT molecular complexity index is 6000. The molecule has 0 aliphatic carbocycles. The Kier molecular flexibility index (Phi) is 39.9. The van der Waals surface area contributed by atoms with E-state index in [-0.39, 0.29) is 200 Å². The van der Waals surface area contributed by atoms with Crippen molar-refractivity contribution in [2.75, 3.05) is 168 Å². The average molecular weight is 2040 g/mol. The number of rotatable bonds is 60. The highest BCUT2D eigenvalue weighted by Crippen LogP contribution is 2.45. The van der Waals surface area contributed by atoms with Gasteiger partial charge in [-0.25, -0.2) is 28.8 Å². The summed E-state index contributed by atoms with van der Waals surface area (Å²) >= 11 is 0. The fourth-order valence-corrected chi connectivity index (χ4v) is 16.4. The lowest BCUT2D eigenvalue weighted by Crippen LogP contribution is -2.55. The second kappa shape index (κ2) is 55.4. The molecule has 0 amide bonds. The first kappa shape index (κ1) is 108. The van der Waals surface area contributed by atoms with E-state index in [0.29, 0.717) is 84.0 Å². The molecule has 32 nitrogen and oxygen atoms in total. The molecule has 0 saturated carbocycles. The summed E-state index contributed by atoms with van der Waals surface area (Å²) in [6, 6.07) is 95.5. The van der Waals surface area contributed by atoms with Gasteiger partial charge in [-0.2, -0.15) is 30.0 Å². The number of para-hydroxylation sites is 4. The third-order valence-corrected chi connectivity index (χ3v) is 23.8. The van der Waals surface area contributed by atoms with Crippen LogP contribution in [0.3, 0.4) is 0 Å². The maximum Gasteiger partial charge on any atom is 0.338 e. The number of fused-ring (bicyclic) bond motifs is 2. The van der Waals surface area contributed by atoms with Crippen molar-refractivity contribution < 1.29 is 119 Å². The molecule has 0 radical (unpaired) electrons. The molecule has 0 unspecified atom stereocenters. The van der Waals surface area contributed by atoms with Crippen LogP contribution < -0.4 is 48.1 Å². The number of hydrogen-bond acceptors (Lipinski definition) is 29. The zero-order valence-corrected chi connectivity index (χ0v) is 84.8. The summed E-state index contributed by atoms with van der Waals surface area (Å²) in [6.45, 7) is 12.5. The van der Waals surface area contributed by atoms with E-state index in [1.54, 1.807) is 155 Å². The standard InChI is InChI=1S/C118H122N8O24/c1-7-133-59-65-139-111(127)87-31-25-45-99(71-87)145-79-117(80-146-100-46-26-32-88(72-100)112(128)140-66-60-134-8-2,81-147-101-47-27-33-89(73-101)113(129)141-67-61-135-9-3)77-123-119-107-105(85-51-55-97(56-52-85)125(93-37-17-13-18-38-93)94-39-19-14-20-40-94)109-110(106(108(107)120-123)86-53-57-98(58-54-86)126(95-41-21-15-22-42-95)96-43-23-16-24-44-96)122-124(121-109)78-118(82-148-102-48-28-34-90(74-102)114(130)142-68-62-136-10-4,83-149-103-49-29-35-91(75-103)115(131)143-69-63-137-11-5)84-150-104-50-30-36-92(76-104)116(132)144-70-64-138-12-6/h13-58,71-76H,7-12,59-70,77-84H2,1-6H3. The molecular weight excluding hydrogens is 1910 g/mol. The van der Waals surface area contributed by atoms with Gasteiger partial charge in [-0.1, -0.05) is 133 Å². The van der Waals surface area contributed by atoms with Crippen LogP contribution in [0.25, 0.3) is 44.3 Å². The highest BCUT2D eigenvalue weighted by atomic mass is 16.6. The summed E-state index contributed by atoms with van der Waals surface area (Å²) in [4.78, 5) is 91.0. The third-order valence-electron chi connectivity index (χ3n) is 23.8. The molecule has 2 heterocycles. The number of benzene rings is 13. The van der Waals surface area contributed by atoms with E-state index in [1.807, 2.05) is 211 Å². The van der Waals surface area contributed by atoms with Crippen molar-refractivity contribution in [3.05, 3.63) is 349 Å². The maximum atomic E-state index is 13.9. The van der Waals surface area contributed by atoms with Gasteiger partial charge in [-0.15, -0.1) is 0 Å². The normalized spacial score (nSPS) is 11.3. The molecule has 0 aliphatic rings. The van der Waals surface area contributed by atoms with Gasteiger partial charge in [0.05, 0.1) is 85.0 Å². The van der Waals surface area contributed by atoms with E-state index in [4.69, 9.17) is 106 Å². The number of carbonyl (C=O) groups is 6. The van der Waals surface area contributed by atoms with Gasteiger partial charge in [0.1, 0.15) is 130 Å². The van der Waals surface area contributed by atoms with E-state index < -0.39 is 46.6 Å². The summed E-state index contributed by atoms with van der Waals surface area (Å²) in [5.74, 6) is -2.25. The summed E-state index contributed by atoms with van der Waals surface area (Å²) in [7, 11) is 0. The predicted octanol–water partition coefficient (Wildman–Crippen LogP) is 20.1. The highest BCUT2D eigenvalue weighted by molar-refractivity contribution is 6.16. The maximum absolute atomic E-state index is 13.9. The molecular formula is C118H122N8O24. The molecule has 150 heavy (non-hydrogen) atoms. The Hall–Kier alpha value is -16.4. The SMILES string of the molecule is CCOCCOC(=O)c1cccc(OCC(COc2cccc(C(=O)OCCOCC)c2)(COc2cccc(C(=O)OCCOCC)c2)Cn2nc3c(-c4ccc(N(c5ccccc5)c5ccccc5)cc4)c4n[n+](CC(COc5cccc(C(=O)OCCOCC)c5)(COc5cccc(C(=O)OCCOCC)c5)COc5cccc(C(=O)OCCOCC)c5)[n-]c4c(-c4ccc(N(c5ccccc5)c5ccccc5)cc4)c3n2)c1. The predicted molar refractivity (Wildman–Crippen MR) is 564 cm³/mol. The summed E-state index contributed by atoms with van der Waals surface area (Å²) < 4.78 is 109. The summed E-state index contributed by atoms with van der Waals surface area (Å²) in [5, 5.41) is 23.0. The van der Waals surface area contributed by atoms with Crippen molar-refractivity contribution >= 4 is 92.0 Å². The van der Waals surface area contributed by atoms with Crippen molar-refractivity contribution in [1.29, 1.82) is 0 Å². The molecule has 0 saturated heterocycles. The largest absolute Gasteiger partial charge is 0.493 e. The minimum absolute atomic E-state index is 0.00787. The molecule has 0 bridgehead atoms. The van der Waals surface area contributed by atoms with E-state index in [9.17, 15) is 28.8 Å². The zero-order chi connectivity index (χ0) is 104. The molecule has 778 valence electrons. The van der Waals surface area contributed by atoms with Gasteiger partial charge < -0.3 is 95.1 Å². The molecule has 15 rings (SSSR count). The molecule has 0 spiro atoms. The topological polar surface area (TPSA) is 337 Å². The fraction of sp³-hybridized carbons (Fsp3) is 0.288. The van der Waals surface area contributed by atoms with Crippen LogP contribution in [-0.4, -0.2) is 214 Å². The van der Waals surface area contributed by atoms with Gasteiger partial charge in [0.25, 0.3) is 0 Å². The second-order valence-electron chi connectivity index (χ2n) is 34.6. The number of esters is 6. The lowest BCUT2D eigenvalue weighted by molar-refractivity contribution is -0.814. The number of hydrogen-bond donors (Lipinski definition) is 0. The van der Waals surface area contributed by atoms with Gasteiger partial charge in [-0.3, -0.25) is 0 Å². The van der Waals surface area contributed by atoms with Gasteiger partial charge in [0.2, 0.25) is 0 Å². The van der Waals surface area contributed by atoms with E-state index in [1.165, 1.54) is 0 Å². The molecule has 0 fully saturated rings. The van der Waals surface area contributed by atoms with Crippen molar-refractivity contribution in [3.8, 4) is 56.8 Å². The van der Waals surface area contributed by atoms with Gasteiger partial charge >= 0.3 is 35.8 Å². The molecule has 2 aromatic heterocycles. The lowest BCUT2D eigenvalue weighted by Gasteiger charge is -2.33. The Labute approximate surface area is 870 Å². The Morgan fingerprint density at radius 2 is 0.513 bits per heavy atom. The summed E-state index contributed by atoms with van der Waals surface area (Å²) in [5.41, 5.74) is 6.63.